The van der Waals surface area contributed by atoms with E-state index in [1.165, 1.54) is 23.2 Å². The molecule has 0 saturated carbocycles. The summed E-state index contributed by atoms with van der Waals surface area (Å²) in [6.07, 6.45) is 1.38. The molecule has 1 aliphatic rings. The topological polar surface area (TPSA) is 95.4 Å². The second-order valence-electron chi connectivity index (χ2n) is 8.13. The molecule has 4 rings (SSSR count). The van der Waals surface area contributed by atoms with Crippen LogP contribution in [0.2, 0.25) is 10.3 Å². The van der Waals surface area contributed by atoms with E-state index in [0.29, 0.717) is 27.9 Å². The number of aryl methyl sites for hydroxylation is 1. The summed E-state index contributed by atoms with van der Waals surface area (Å²) in [4.78, 5) is 35.4. The van der Waals surface area contributed by atoms with Gasteiger partial charge >= 0.3 is 0 Å². The molecule has 10 heteroatoms. The predicted octanol–water partition coefficient (Wildman–Crippen LogP) is 4.09. The Hall–Kier alpha value is -3.07. The highest BCUT2D eigenvalue weighted by Crippen LogP contribution is 2.32. The van der Waals surface area contributed by atoms with Crippen LogP contribution in [-0.2, 0) is 11.3 Å². The van der Waals surface area contributed by atoms with Gasteiger partial charge in [-0.05, 0) is 60.3 Å². The molecular weight excluding hydrogens is 482 g/mol. The lowest BCUT2D eigenvalue weighted by molar-refractivity contribution is -0.127. The van der Waals surface area contributed by atoms with Crippen molar-refractivity contribution in [2.24, 2.45) is 0 Å². The molecule has 0 radical (unpaired) electrons. The van der Waals surface area contributed by atoms with Crippen molar-refractivity contribution >= 4 is 35.0 Å². The van der Waals surface area contributed by atoms with Crippen LogP contribution in [0.25, 0.3) is 11.3 Å². The maximum Gasteiger partial charge on any atom is 0.255 e. The van der Waals surface area contributed by atoms with Crippen LogP contribution in [0.5, 0.6) is 0 Å². The van der Waals surface area contributed by atoms with Gasteiger partial charge in [-0.25, -0.2) is 14.4 Å². The fourth-order valence-corrected chi connectivity index (χ4v) is 4.33. The fourth-order valence-electron chi connectivity index (χ4n) is 4.00. The van der Waals surface area contributed by atoms with E-state index >= 15 is 0 Å². The second kappa shape index (κ2) is 9.66. The van der Waals surface area contributed by atoms with Gasteiger partial charge in [-0.2, -0.15) is 0 Å². The Labute approximate surface area is 205 Å². The standard InChI is InChI=1S/C24H21Cl2FN4O3/c1-12-5-16(7-17(27)6-12)13(2)29-22(33)20(11-32)31-10-15-4-3-14(8-18(15)23(31)34)21-19(25)9-28-24(26)30-21/h3-9,13,20,32H,10-11H2,1-2H3,(H,29,33). The third-order valence-electron chi connectivity index (χ3n) is 5.70. The number of fused-ring (bicyclic) bond motifs is 1. The van der Waals surface area contributed by atoms with Gasteiger partial charge < -0.3 is 15.3 Å². The number of nitrogens with one attached hydrogen (secondary N) is 1. The lowest BCUT2D eigenvalue weighted by atomic mass is 10.0. The molecule has 7 nitrogen and oxygen atoms in total. The Morgan fingerprint density at radius 3 is 2.74 bits per heavy atom. The van der Waals surface area contributed by atoms with E-state index in [4.69, 9.17) is 23.2 Å². The number of rotatable bonds is 6. The summed E-state index contributed by atoms with van der Waals surface area (Å²) in [7, 11) is 0. The van der Waals surface area contributed by atoms with Gasteiger partial charge in [0.1, 0.15) is 11.9 Å². The average Bonchev–Trinajstić information content (AvgIpc) is 3.11. The number of nitrogens with zero attached hydrogens (tertiary/aromatic N) is 3. The summed E-state index contributed by atoms with van der Waals surface area (Å²) in [6.45, 7) is 3.05. The number of aromatic nitrogens is 2. The van der Waals surface area contributed by atoms with E-state index in [1.54, 1.807) is 38.1 Å². The van der Waals surface area contributed by atoms with Crippen LogP contribution in [0.1, 0.15) is 40.0 Å². The summed E-state index contributed by atoms with van der Waals surface area (Å²) < 4.78 is 13.8. The van der Waals surface area contributed by atoms with Crippen molar-refractivity contribution in [3.05, 3.63) is 81.0 Å². The smallest absolute Gasteiger partial charge is 0.255 e. The summed E-state index contributed by atoms with van der Waals surface area (Å²) in [5.41, 5.74) is 3.34. The molecule has 0 aliphatic carbocycles. The number of hydrogen-bond donors (Lipinski definition) is 2. The normalized spacial score (nSPS) is 14.6. The average molecular weight is 503 g/mol. The molecule has 3 aromatic rings. The van der Waals surface area contributed by atoms with E-state index in [9.17, 15) is 19.1 Å². The van der Waals surface area contributed by atoms with Crippen molar-refractivity contribution in [3.8, 4) is 11.3 Å². The van der Waals surface area contributed by atoms with E-state index in [2.05, 4.69) is 15.3 Å². The van der Waals surface area contributed by atoms with E-state index in [1.807, 2.05) is 0 Å². The first kappa shape index (κ1) is 24.1. The van der Waals surface area contributed by atoms with Crippen LogP contribution < -0.4 is 5.32 Å². The molecule has 2 amide bonds. The van der Waals surface area contributed by atoms with Crippen molar-refractivity contribution in [2.75, 3.05) is 6.61 Å². The number of amides is 2. The highest BCUT2D eigenvalue weighted by atomic mass is 35.5. The number of aliphatic hydroxyl groups is 1. The molecule has 0 fully saturated rings. The number of halogens is 3. The molecule has 0 bridgehead atoms. The third-order valence-corrected chi connectivity index (χ3v) is 6.16. The summed E-state index contributed by atoms with van der Waals surface area (Å²) >= 11 is 12.1. The first-order valence-electron chi connectivity index (χ1n) is 10.5. The zero-order valence-electron chi connectivity index (χ0n) is 18.3. The Morgan fingerprint density at radius 1 is 1.26 bits per heavy atom. The van der Waals surface area contributed by atoms with E-state index in [-0.39, 0.29) is 16.9 Å². The lowest BCUT2D eigenvalue weighted by Gasteiger charge is -2.27. The molecular formula is C24H21Cl2FN4O3. The minimum Gasteiger partial charge on any atom is -0.394 e. The van der Waals surface area contributed by atoms with Crippen LogP contribution in [0.15, 0.2) is 42.6 Å². The molecule has 34 heavy (non-hydrogen) atoms. The second-order valence-corrected chi connectivity index (χ2v) is 8.88. The number of benzene rings is 2. The zero-order valence-corrected chi connectivity index (χ0v) is 19.9. The number of carbonyl (C=O) groups excluding carboxylic acids is 2. The van der Waals surface area contributed by atoms with Crippen LogP contribution >= 0.6 is 23.2 Å². The molecule has 2 heterocycles. The molecule has 0 spiro atoms. The van der Waals surface area contributed by atoms with E-state index in [0.717, 1.165) is 5.56 Å². The maximum absolute atomic E-state index is 13.8. The minimum atomic E-state index is -1.11. The highest BCUT2D eigenvalue weighted by molar-refractivity contribution is 6.33. The molecule has 2 aromatic carbocycles. The third kappa shape index (κ3) is 4.75. The van der Waals surface area contributed by atoms with Crippen molar-refractivity contribution in [2.45, 2.75) is 32.5 Å². The van der Waals surface area contributed by atoms with Crippen molar-refractivity contribution in [1.82, 2.24) is 20.2 Å². The predicted molar refractivity (Wildman–Crippen MR) is 126 cm³/mol. The molecule has 1 aromatic heterocycles. The number of carbonyl (C=O) groups is 2. The SMILES string of the molecule is Cc1cc(F)cc(C(C)NC(=O)C(CO)N2Cc3ccc(-c4nc(Cl)ncc4Cl)cc3C2=O)c1. The van der Waals surface area contributed by atoms with Gasteiger partial charge in [-0.3, -0.25) is 9.59 Å². The van der Waals surface area contributed by atoms with E-state index < -0.39 is 36.3 Å². The quantitative estimate of drug-likeness (QED) is 0.495. The van der Waals surface area contributed by atoms with Gasteiger partial charge in [-0.15, -0.1) is 0 Å². The summed E-state index contributed by atoms with van der Waals surface area (Å²) in [5.74, 6) is -1.35. The van der Waals surface area contributed by atoms with Crippen LogP contribution in [-0.4, -0.2) is 44.4 Å². The summed E-state index contributed by atoms with van der Waals surface area (Å²) in [6, 6.07) is 8.00. The Morgan fingerprint density at radius 2 is 2.03 bits per heavy atom. The Balaban J connectivity index is 1.55. The fraction of sp³-hybridized carbons (Fsp3) is 0.250. The van der Waals surface area contributed by atoms with Gasteiger partial charge in [-0.1, -0.05) is 29.8 Å². The number of hydrogen-bond acceptors (Lipinski definition) is 5. The Bertz CT molecular complexity index is 1270. The monoisotopic (exact) mass is 502 g/mol. The van der Waals surface area contributed by atoms with Crippen molar-refractivity contribution in [1.29, 1.82) is 0 Å². The van der Waals surface area contributed by atoms with Crippen LogP contribution in [0.4, 0.5) is 4.39 Å². The lowest BCUT2D eigenvalue weighted by Crippen LogP contribution is -2.49. The van der Waals surface area contributed by atoms with Crippen molar-refractivity contribution in [3.63, 3.8) is 0 Å². The summed E-state index contributed by atoms with van der Waals surface area (Å²) in [5, 5.41) is 13.0. The van der Waals surface area contributed by atoms with Crippen LogP contribution in [0.3, 0.4) is 0 Å². The molecule has 2 unspecified atom stereocenters. The molecule has 2 N–H and O–H groups in total. The van der Waals surface area contributed by atoms with Gasteiger partial charge in [0.2, 0.25) is 11.2 Å². The highest BCUT2D eigenvalue weighted by Gasteiger charge is 2.36. The number of aliphatic hydroxyl groups excluding tert-OH is 1. The molecule has 0 saturated heterocycles. The largest absolute Gasteiger partial charge is 0.394 e. The molecule has 176 valence electrons. The first-order valence-corrected chi connectivity index (χ1v) is 11.2. The maximum atomic E-state index is 13.8. The van der Waals surface area contributed by atoms with Gasteiger partial charge in [0, 0.05) is 17.7 Å². The minimum absolute atomic E-state index is 0.0208. The van der Waals surface area contributed by atoms with Gasteiger partial charge in [0.05, 0.1) is 29.6 Å². The Kier molecular flexibility index (Phi) is 6.84. The first-order chi connectivity index (χ1) is 16.2. The van der Waals surface area contributed by atoms with Gasteiger partial charge in [0.25, 0.3) is 5.91 Å². The van der Waals surface area contributed by atoms with Crippen LogP contribution in [0, 0.1) is 12.7 Å². The van der Waals surface area contributed by atoms with Gasteiger partial charge in [0.15, 0.2) is 0 Å². The molecule has 2 atom stereocenters. The zero-order chi connectivity index (χ0) is 24.6. The molecule has 1 aliphatic heterocycles. The van der Waals surface area contributed by atoms with Crippen molar-refractivity contribution < 1.29 is 19.1 Å².